The fourth-order valence-electron chi connectivity index (χ4n) is 6.48. The topological polar surface area (TPSA) is 80.9 Å². The zero-order chi connectivity index (χ0) is 30.9. The molecule has 0 radical (unpaired) electrons. The van der Waals surface area contributed by atoms with Crippen LogP contribution in [-0.2, 0) is 5.41 Å². The highest BCUT2D eigenvalue weighted by Gasteiger charge is 2.50. The zero-order valence-corrected chi connectivity index (χ0v) is 26.0. The highest BCUT2D eigenvalue weighted by Crippen LogP contribution is 2.58. The molecule has 0 bridgehead atoms. The Kier molecular flexibility index (Phi) is 8.42. The molecule has 0 fully saturated rings. The van der Waals surface area contributed by atoms with Crippen LogP contribution in [0.2, 0.25) is 0 Å². The van der Waals surface area contributed by atoms with E-state index in [4.69, 9.17) is 0 Å². The van der Waals surface area contributed by atoms with Gasteiger partial charge in [0.2, 0.25) is 0 Å². The van der Waals surface area contributed by atoms with E-state index in [0.29, 0.717) is 23.0 Å². The van der Waals surface area contributed by atoms with E-state index in [0.717, 1.165) is 35.1 Å². The summed E-state index contributed by atoms with van der Waals surface area (Å²) in [5.41, 5.74) is 3.70. The van der Waals surface area contributed by atoms with Crippen LogP contribution in [-0.4, -0.2) is 20.4 Å². The average molecular weight is 567 g/mol. The smallest absolute Gasteiger partial charge is 0.118 e. The molecule has 3 atom stereocenters. The number of phenolic OH excluding ortho intramolecular Hbond substituents is 2. The lowest BCUT2D eigenvalue weighted by molar-refractivity contribution is 0.0212. The molecule has 4 heteroatoms. The first kappa shape index (κ1) is 31.0. The van der Waals surface area contributed by atoms with Gasteiger partial charge in [-0.05, 0) is 108 Å². The second kappa shape index (κ2) is 11.4. The Hall–Kier alpha value is -3.92. The number of hydrogen-bond donors (Lipinski definition) is 4. The molecular weight excluding hydrogens is 520 g/mol. The van der Waals surface area contributed by atoms with Gasteiger partial charge in [-0.3, -0.25) is 0 Å². The van der Waals surface area contributed by atoms with Gasteiger partial charge < -0.3 is 20.4 Å². The quantitative estimate of drug-likeness (QED) is 0.297. The molecule has 0 heterocycles. The van der Waals surface area contributed by atoms with Crippen LogP contribution in [0.25, 0.3) is 0 Å². The number of allylic oxidation sites excluding steroid dienone is 10. The molecule has 0 saturated heterocycles. The normalized spacial score (nSPS) is 26.2. The molecule has 4 nitrogen and oxygen atoms in total. The first-order valence-electron chi connectivity index (χ1n) is 14.8. The molecule has 3 aliphatic carbocycles. The molecule has 3 unspecified atom stereocenters. The van der Waals surface area contributed by atoms with Crippen molar-refractivity contribution in [2.24, 2.45) is 22.2 Å². The number of aliphatic hydroxyl groups is 2. The van der Waals surface area contributed by atoms with Crippen molar-refractivity contribution in [2.45, 2.75) is 66.7 Å². The Morgan fingerprint density at radius 3 is 1.50 bits per heavy atom. The Morgan fingerprint density at radius 2 is 1.14 bits per heavy atom. The largest absolute Gasteiger partial charge is 0.508 e. The van der Waals surface area contributed by atoms with Crippen LogP contribution in [0.15, 0.2) is 109 Å². The molecule has 42 heavy (non-hydrogen) atoms. The van der Waals surface area contributed by atoms with Crippen LogP contribution in [0, 0.1) is 36.0 Å². The maximum absolute atomic E-state index is 9.88. The van der Waals surface area contributed by atoms with Crippen molar-refractivity contribution >= 4 is 0 Å². The maximum atomic E-state index is 9.88. The van der Waals surface area contributed by atoms with Gasteiger partial charge >= 0.3 is 0 Å². The van der Waals surface area contributed by atoms with Crippen molar-refractivity contribution < 1.29 is 20.4 Å². The van der Waals surface area contributed by atoms with E-state index in [2.05, 4.69) is 83.2 Å². The third-order valence-electron chi connectivity index (χ3n) is 10.5. The number of rotatable bonds is 4. The van der Waals surface area contributed by atoms with Gasteiger partial charge in [0.25, 0.3) is 0 Å². The van der Waals surface area contributed by atoms with Crippen LogP contribution >= 0.6 is 0 Å². The Labute approximate surface area is 251 Å². The molecule has 0 amide bonds. The molecule has 0 spiro atoms. The molecule has 5 rings (SSSR count). The van der Waals surface area contributed by atoms with Crippen LogP contribution in [0.3, 0.4) is 0 Å². The average Bonchev–Trinajstić information content (AvgIpc) is 2.96. The molecular formula is C38H46O4. The first-order valence-corrected chi connectivity index (χ1v) is 14.8. The monoisotopic (exact) mass is 566 g/mol. The summed E-state index contributed by atoms with van der Waals surface area (Å²) in [7, 11) is 0. The second-order valence-electron chi connectivity index (χ2n) is 13.2. The van der Waals surface area contributed by atoms with Crippen LogP contribution < -0.4 is 0 Å². The van der Waals surface area contributed by atoms with Gasteiger partial charge in [-0.2, -0.15) is 0 Å². The molecule has 0 aliphatic heterocycles. The van der Waals surface area contributed by atoms with Crippen LogP contribution in [0.1, 0.15) is 69.7 Å². The highest BCUT2D eigenvalue weighted by molar-refractivity contribution is 5.53. The van der Waals surface area contributed by atoms with Crippen molar-refractivity contribution in [3.8, 4) is 11.5 Å². The van der Waals surface area contributed by atoms with E-state index in [1.807, 2.05) is 38.1 Å². The third-order valence-corrected chi connectivity index (χ3v) is 10.5. The van der Waals surface area contributed by atoms with E-state index in [1.54, 1.807) is 24.3 Å². The minimum atomic E-state index is -0.300. The summed E-state index contributed by atoms with van der Waals surface area (Å²) < 4.78 is 0. The number of aryl methyl sites for hydroxylation is 2. The van der Waals surface area contributed by atoms with Crippen molar-refractivity contribution in [1.29, 1.82) is 0 Å². The number of aromatic hydroxyl groups is 2. The summed E-state index contributed by atoms with van der Waals surface area (Å²) in [6, 6.07) is 11.6. The lowest BCUT2D eigenvalue weighted by Gasteiger charge is -2.53. The van der Waals surface area contributed by atoms with Gasteiger partial charge in [0.05, 0.1) is 0 Å². The Bertz CT molecular complexity index is 1420. The lowest BCUT2D eigenvalue weighted by Crippen LogP contribution is -2.46. The van der Waals surface area contributed by atoms with E-state index in [-0.39, 0.29) is 27.6 Å². The number of phenols is 2. The molecule has 4 N–H and O–H groups in total. The SMILES string of the molecule is CC1(C(C)(C)C2(C)C=CC(O)=CC2)C=CC(O)=CC1.Cc1cc(C2(c3ccc(O)c(C)c3)C=CC=CC2C)ccc1O. The van der Waals surface area contributed by atoms with E-state index < -0.39 is 0 Å². The molecule has 2 aromatic carbocycles. The van der Waals surface area contributed by atoms with Gasteiger partial charge in [-0.15, -0.1) is 0 Å². The van der Waals surface area contributed by atoms with Crippen molar-refractivity contribution in [2.75, 3.05) is 0 Å². The fraction of sp³-hybridized carbons (Fsp3) is 0.368. The van der Waals surface area contributed by atoms with Gasteiger partial charge in [0.15, 0.2) is 0 Å². The molecule has 222 valence electrons. The molecule has 0 saturated carbocycles. The first-order chi connectivity index (χ1) is 19.6. The van der Waals surface area contributed by atoms with Crippen LogP contribution in [0.5, 0.6) is 11.5 Å². The summed E-state index contributed by atoms with van der Waals surface area (Å²) in [6.45, 7) is 15.1. The second-order valence-corrected chi connectivity index (χ2v) is 13.2. The Balaban J connectivity index is 0.000000197. The van der Waals surface area contributed by atoms with E-state index in [9.17, 15) is 20.4 Å². The summed E-state index contributed by atoms with van der Waals surface area (Å²) >= 11 is 0. The van der Waals surface area contributed by atoms with Gasteiger partial charge in [-0.1, -0.05) is 95.3 Å². The summed E-state index contributed by atoms with van der Waals surface area (Å²) in [6.07, 6.45) is 21.9. The summed E-state index contributed by atoms with van der Waals surface area (Å²) in [4.78, 5) is 0. The van der Waals surface area contributed by atoms with Gasteiger partial charge in [0.1, 0.15) is 23.0 Å². The van der Waals surface area contributed by atoms with Crippen LogP contribution in [0.4, 0.5) is 0 Å². The predicted molar refractivity (Wildman–Crippen MR) is 173 cm³/mol. The minimum Gasteiger partial charge on any atom is -0.508 e. The van der Waals surface area contributed by atoms with Gasteiger partial charge in [0, 0.05) is 5.41 Å². The maximum Gasteiger partial charge on any atom is 0.118 e. The third kappa shape index (κ3) is 5.47. The number of hydrogen-bond acceptors (Lipinski definition) is 4. The number of benzene rings is 2. The molecule has 3 aliphatic rings. The predicted octanol–water partition coefficient (Wildman–Crippen LogP) is 9.59. The Morgan fingerprint density at radius 1 is 0.690 bits per heavy atom. The van der Waals surface area contributed by atoms with Crippen molar-refractivity contribution in [3.05, 3.63) is 131 Å². The summed E-state index contributed by atoms with van der Waals surface area (Å²) in [5, 5.41) is 38.8. The molecule has 0 aromatic heterocycles. The lowest BCUT2D eigenvalue weighted by atomic mass is 9.50. The van der Waals surface area contributed by atoms with E-state index >= 15 is 0 Å². The zero-order valence-electron chi connectivity index (χ0n) is 26.0. The van der Waals surface area contributed by atoms with Gasteiger partial charge in [-0.25, -0.2) is 0 Å². The molecule has 2 aromatic rings. The summed E-state index contributed by atoms with van der Waals surface area (Å²) in [5.74, 6) is 1.60. The standard InChI is InChI=1S/C21H22O2.C17H24O2/c1-14-12-17(7-9-19(14)22)21(11-5-4-6-16(21)3)18-8-10-20(23)15(2)13-18;1-15(2,16(3)9-5-13(18)6-10-16)17(4)11-7-14(19)8-12-17/h4-13,16,22-23H,1-3H3;5-9,11,18-19H,10,12H2,1-4H3. The van der Waals surface area contributed by atoms with E-state index in [1.165, 1.54) is 0 Å². The fourth-order valence-corrected chi connectivity index (χ4v) is 6.48. The van der Waals surface area contributed by atoms with Crippen molar-refractivity contribution in [3.63, 3.8) is 0 Å². The number of aliphatic hydroxyl groups excluding tert-OH is 2. The van der Waals surface area contributed by atoms with Crippen molar-refractivity contribution in [1.82, 2.24) is 0 Å². The highest BCUT2D eigenvalue weighted by atomic mass is 16.3. The minimum absolute atomic E-state index is 0.00139.